The van der Waals surface area contributed by atoms with Crippen LogP contribution in [-0.4, -0.2) is 42.0 Å². The standard InChI is InChI=1S/C24H25N3O/c28-24(27-16-14-26(15-17-27)22-11-5-2-6-12-22)23(21-9-3-1-4-10-21)18-20-8-7-13-25-19-20/h1-13,19,23H,14-18H2. The van der Waals surface area contributed by atoms with Crippen molar-refractivity contribution in [2.45, 2.75) is 12.3 Å². The average molecular weight is 371 g/mol. The summed E-state index contributed by atoms with van der Waals surface area (Å²) in [6.45, 7) is 3.24. The van der Waals surface area contributed by atoms with Gasteiger partial charge >= 0.3 is 0 Å². The molecule has 1 atom stereocenters. The second-order valence-corrected chi connectivity index (χ2v) is 7.18. The first-order valence-electron chi connectivity index (χ1n) is 9.84. The summed E-state index contributed by atoms with van der Waals surface area (Å²) in [7, 11) is 0. The first kappa shape index (κ1) is 18.2. The highest BCUT2D eigenvalue weighted by atomic mass is 16.2. The monoisotopic (exact) mass is 371 g/mol. The minimum atomic E-state index is -0.173. The summed E-state index contributed by atoms with van der Waals surface area (Å²) in [4.78, 5) is 22.0. The number of amides is 1. The van der Waals surface area contributed by atoms with Gasteiger partial charge in [0.1, 0.15) is 0 Å². The SMILES string of the molecule is O=C(C(Cc1cccnc1)c1ccccc1)N1CCN(c2ccccc2)CC1. The summed E-state index contributed by atoms with van der Waals surface area (Å²) >= 11 is 0. The van der Waals surface area contributed by atoms with Crippen LogP contribution in [0.1, 0.15) is 17.0 Å². The highest BCUT2D eigenvalue weighted by molar-refractivity contribution is 5.84. The fourth-order valence-corrected chi connectivity index (χ4v) is 3.83. The molecule has 0 N–H and O–H groups in total. The fourth-order valence-electron chi connectivity index (χ4n) is 3.83. The largest absolute Gasteiger partial charge is 0.368 e. The lowest BCUT2D eigenvalue weighted by molar-refractivity contribution is -0.133. The van der Waals surface area contributed by atoms with Gasteiger partial charge in [0.2, 0.25) is 5.91 Å². The number of pyridine rings is 1. The number of aromatic nitrogens is 1. The van der Waals surface area contributed by atoms with Gasteiger partial charge in [-0.05, 0) is 35.7 Å². The van der Waals surface area contributed by atoms with Crippen molar-refractivity contribution < 1.29 is 4.79 Å². The first-order chi connectivity index (χ1) is 13.8. The van der Waals surface area contributed by atoms with Crippen LogP contribution in [0.2, 0.25) is 0 Å². The van der Waals surface area contributed by atoms with Crippen molar-refractivity contribution in [1.29, 1.82) is 0 Å². The van der Waals surface area contributed by atoms with Crippen molar-refractivity contribution in [2.75, 3.05) is 31.1 Å². The van der Waals surface area contributed by atoms with E-state index in [0.717, 1.165) is 37.3 Å². The molecule has 0 saturated carbocycles. The minimum absolute atomic E-state index is 0.173. The Bertz CT molecular complexity index is 875. The third-order valence-electron chi connectivity index (χ3n) is 5.38. The van der Waals surface area contributed by atoms with Crippen LogP contribution in [0, 0.1) is 0 Å². The van der Waals surface area contributed by atoms with Gasteiger partial charge in [0.25, 0.3) is 0 Å². The molecule has 1 saturated heterocycles. The van der Waals surface area contributed by atoms with Gasteiger partial charge in [-0.3, -0.25) is 9.78 Å². The molecule has 28 heavy (non-hydrogen) atoms. The highest BCUT2D eigenvalue weighted by Crippen LogP contribution is 2.25. The molecule has 0 radical (unpaired) electrons. The number of carbonyl (C=O) groups excluding carboxylic acids is 1. The van der Waals surface area contributed by atoms with Crippen LogP contribution in [0.3, 0.4) is 0 Å². The number of hydrogen-bond acceptors (Lipinski definition) is 3. The third-order valence-corrected chi connectivity index (χ3v) is 5.38. The Morgan fingerprint density at radius 2 is 1.54 bits per heavy atom. The second kappa shape index (κ2) is 8.70. The highest BCUT2D eigenvalue weighted by Gasteiger charge is 2.28. The molecule has 3 aromatic rings. The quantitative estimate of drug-likeness (QED) is 0.685. The molecule has 1 amide bonds. The van der Waals surface area contributed by atoms with Crippen LogP contribution in [-0.2, 0) is 11.2 Å². The molecule has 2 heterocycles. The average Bonchev–Trinajstić information content (AvgIpc) is 2.79. The Morgan fingerprint density at radius 3 is 2.18 bits per heavy atom. The number of hydrogen-bond donors (Lipinski definition) is 0. The van der Waals surface area contributed by atoms with Gasteiger partial charge in [0.15, 0.2) is 0 Å². The molecule has 1 aromatic heterocycles. The van der Waals surface area contributed by atoms with Gasteiger partial charge in [-0.2, -0.15) is 0 Å². The van der Waals surface area contributed by atoms with Crippen LogP contribution in [0.25, 0.3) is 0 Å². The summed E-state index contributed by atoms with van der Waals surface area (Å²) in [5, 5.41) is 0. The molecule has 1 aliphatic rings. The molecule has 0 bridgehead atoms. The molecule has 1 aliphatic heterocycles. The van der Waals surface area contributed by atoms with E-state index in [1.807, 2.05) is 47.5 Å². The minimum Gasteiger partial charge on any atom is -0.368 e. The lowest BCUT2D eigenvalue weighted by Crippen LogP contribution is -2.50. The maximum atomic E-state index is 13.4. The molecule has 0 aliphatic carbocycles. The maximum absolute atomic E-state index is 13.4. The van der Waals surface area contributed by atoms with Crippen LogP contribution in [0.15, 0.2) is 85.2 Å². The number of benzene rings is 2. The lowest BCUT2D eigenvalue weighted by Gasteiger charge is -2.37. The van der Waals surface area contributed by atoms with Crippen LogP contribution in [0.4, 0.5) is 5.69 Å². The zero-order valence-electron chi connectivity index (χ0n) is 15.9. The number of nitrogens with zero attached hydrogens (tertiary/aromatic N) is 3. The predicted molar refractivity (Wildman–Crippen MR) is 112 cm³/mol. The van der Waals surface area contributed by atoms with Crippen molar-refractivity contribution in [3.05, 3.63) is 96.3 Å². The van der Waals surface area contributed by atoms with Crippen LogP contribution in [0.5, 0.6) is 0 Å². The van der Waals surface area contributed by atoms with Crippen LogP contribution >= 0.6 is 0 Å². The van der Waals surface area contributed by atoms with Crippen LogP contribution < -0.4 is 4.90 Å². The van der Waals surface area contributed by atoms with E-state index in [0.29, 0.717) is 6.42 Å². The molecule has 4 heteroatoms. The summed E-state index contributed by atoms with van der Waals surface area (Å²) in [5.41, 5.74) is 3.39. The molecule has 2 aromatic carbocycles. The van der Waals surface area contributed by atoms with E-state index in [2.05, 4.69) is 46.3 Å². The van der Waals surface area contributed by atoms with Crippen molar-refractivity contribution in [2.24, 2.45) is 0 Å². The van der Waals surface area contributed by atoms with Crippen molar-refractivity contribution in [3.8, 4) is 0 Å². The predicted octanol–water partition coefficient (Wildman–Crippen LogP) is 3.76. The Labute approximate surface area is 166 Å². The Balaban J connectivity index is 1.48. The maximum Gasteiger partial charge on any atom is 0.230 e. The number of para-hydroxylation sites is 1. The summed E-state index contributed by atoms with van der Waals surface area (Å²) in [5.74, 6) is 0.0384. The molecule has 1 unspecified atom stereocenters. The van der Waals surface area contributed by atoms with Gasteiger partial charge in [-0.25, -0.2) is 0 Å². The molecule has 0 spiro atoms. The fraction of sp³-hybridized carbons (Fsp3) is 0.250. The zero-order valence-corrected chi connectivity index (χ0v) is 15.9. The van der Waals surface area contributed by atoms with Crippen molar-refractivity contribution in [3.63, 3.8) is 0 Å². The topological polar surface area (TPSA) is 36.4 Å². The van der Waals surface area contributed by atoms with E-state index >= 15 is 0 Å². The van der Waals surface area contributed by atoms with Crippen molar-refractivity contribution in [1.82, 2.24) is 9.88 Å². The number of rotatable bonds is 5. The van der Waals surface area contributed by atoms with E-state index in [9.17, 15) is 4.79 Å². The van der Waals surface area contributed by atoms with Gasteiger partial charge in [0.05, 0.1) is 5.92 Å². The van der Waals surface area contributed by atoms with E-state index in [4.69, 9.17) is 0 Å². The first-order valence-corrected chi connectivity index (χ1v) is 9.84. The Morgan fingerprint density at radius 1 is 0.857 bits per heavy atom. The third kappa shape index (κ3) is 4.22. The number of piperazine rings is 1. The molecule has 142 valence electrons. The summed E-state index contributed by atoms with van der Waals surface area (Å²) in [6.07, 6.45) is 4.30. The zero-order chi connectivity index (χ0) is 19.2. The molecule has 1 fully saturated rings. The molecule has 4 nitrogen and oxygen atoms in total. The molecular formula is C24H25N3O. The van der Waals surface area contributed by atoms with Gasteiger partial charge in [-0.1, -0.05) is 54.6 Å². The second-order valence-electron chi connectivity index (χ2n) is 7.18. The van der Waals surface area contributed by atoms with Crippen molar-refractivity contribution >= 4 is 11.6 Å². The Hall–Kier alpha value is -3.14. The van der Waals surface area contributed by atoms with E-state index in [1.165, 1.54) is 5.69 Å². The van der Waals surface area contributed by atoms with Gasteiger partial charge in [-0.15, -0.1) is 0 Å². The summed E-state index contributed by atoms with van der Waals surface area (Å²) < 4.78 is 0. The summed E-state index contributed by atoms with van der Waals surface area (Å²) in [6, 6.07) is 24.5. The Kier molecular flexibility index (Phi) is 5.66. The lowest BCUT2D eigenvalue weighted by atomic mass is 9.91. The van der Waals surface area contributed by atoms with Gasteiger partial charge in [0, 0.05) is 44.3 Å². The van der Waals surface area contributed by atoms with E-state index < -0.39 is 0 Å². The normalized spacial score (nSPS) is 15.3. The van der Waals surface area contributed by atoms with E-state index in [1.54, 1.807) is 6.20 Å². The number of carbonyl (C=O) groups is 1. The van der Waals surface area contributed by atoms with E-state index in [-0.39, 0.29) is 11.8 Å². The molecular weight excluding hydrogens is 346 g/mol. The number of anilines is 1. The van der Waals surface area contributed by atoms with Gasteiger partial charge < -0.3 is 9.80 Å². The smallest absolute Gasteiger partial charge is 0.230 e. The molecule has 4 rings (SSSR count).